The number of hydrogen-bond donors (Lipinski definition) is 0. The van der Waals surface area contributed by atoms with E-state index in [0.717, 1.165) is 5.56 Å². The number of sulfone groups is 1. The molecule has 1 unspecified atom stereocenters. The molecule has 2 aromatic carbocycles. The number of hydrogen-bond acceptors (Lipinski definition) is 4. The van der Waals surface area contributed by atoms with E-state index in [9.17, 15) is 13.2 Å². The maximum Gasteiger partial charge on any atom is 0.261 e. The van der Waals surface area contributed by atoms with Crippen molar-refractivity contribution in [1.29, 1.82) is 0 Å². The van der Waals surface area contributed by atoms with Crippen LogP contribution in [-0.4, -0.2) is 43.4 Å². The number of ether oxygens (including phenoxy) is 1. The minimum absolute atomic E-state index is 0.0624. The van der Waals surface area contributed by atoms with Crippen molar-refractivity contribution >= 4 is 50.5 Å². The molecule has 1 atom stereocenters. The van der Waals surface area contributed by atoms with Crippen LogP contribution in [0.5, 0.6) is 5.75 Å². The molecule has 156 valence electrons. The molecule has 0 aliphatic carbocycles. The summed E-state index contributed by atoms with van der Waals surface area (Å²) in [4.78, 5) is 14.5. The lowest BCUT2D eigenvalue weighted by Crippen LogP contribution is -2.43. The summed E-state index contributed by atoms with van der Waals surface area (Å²) < 4.78 is 29.6. The standard InChI is InChI=1S/C20H20Cl3NO4S/c1-13-8-15(21)4-5-19(13)28-11-20(25)24(17-6-7-29(26,27)12-17)10-14-2-3-16(22)9-18(14)23/h2-5,8-9,17H,6-7,10-12H2,1H3. The second-order valence-electron chi connectivity index (χ2n) is 7.01. The van der Waals surface area contributed by atoms with Gasteiger partial charge in [0, 0.05) is 27.7 Å². The van der Waals surface area contributed by atoms with Crippen LogP contribution in [0.25, 0.3) is 0 Å². The first-order valence-corrected chi connectivity index (χ1v) is 11.9. The van der Waals surface area contributed by atoms with E-state index in [1.807, 2.05) is 6.92 Å². The number of halogens is 3. The third kappa shape index (κ3) is 5.79. The monoisotopic (exact) mass is 475 g/mol. The van der Waals surface area contributed by atoms with Crippen LogP contribution in [-0.2, 0) is 21.2 Å². The van der Waals surface area contributed by atoms with Gasteiger partial charge in [0.05, 0.1) is 11.5 Å². The Morgan fingerprint density at radius 2 is 1.83 bits per heavy atom. The second kappa shape index (κ2) is 9.13. The molecule has 0 saturated carbocycles. The Kier molecular flexibility index (Phi) is 6.99. The van der Waals surface area contributed by atoms with Crippen LogP contribution in [0.2, 0.25) is 15.1 Å². The average molecular weight is 477 g/mol. The molecular formula is C20H20Cl3NO4S. The lowest BCUT2D eigenvalue weighted by molar-refractivity contribution is -0.136. The van der Waals surface area contributed by atoms with Crippen LogP contribution < -0.4 is 4.74 Å². The van der Waals surface area contributed by atoms with Crippen molar-refractivity contribution in [3.05, 3.63) is 62.6 Å². The van der Waals surface area contributed by atoms with Crippen LogP contribution in [0.3, 0.4) is 0 Å². The number of benzene rings is 2. The zero-order valence-corrected chi connectivity index (χ0v) is 18.8. The number of amides is 1. The molecule has 1 fully saturated rings. The minimum atomic E-state index is -3.17. The average Bonchev–Trinajstić information content (AvgIpc) is 2.99. The van der Waals surface area contributed by atoms with Crippen LogP contribution in [0, 0.1) is 6.92 Å². The number of nitrogens with zero attached hydrogens (tertiary/aromatic N) is 1. The van der Waals surface area contributed by atoms with Crippen molar-refractivity contribution in [2.45, 2.75) is 25.9 Å². The van der Waals surface area contributed by atoms with Crippen molar-refractivity contribution < 1.29 is 17.9 Å². The second-order valence-corrected chi connectivity index (χ2v) is 10.5. The predicted octanol–water partition coefficient (Wildman–Crippen LogP) is 4.55. The lowest BCUT2D eigenvalue weighted by atomic mass is 10.1. The summed E-state index contributed by atoms with van der Waals surface area (Å²) in [5.74, 6) is 0.232. The smallest absolute Gasteiger partial charge is 0.261 e. The van der Waals surface area contributed by atoms with Gasteiger partial charge in [-0.05, 0) is 54.8 Å². The summed E-state index contributed by atoms with van der Waals surface area (Å²) in [6.07, 6.45) is 0.388. The normalized spacial score (nSPS) is 17.9. The molecule has 0 aromatic heterocycles. The van der Waals surface area contributed by atoms with Gasteiger partial charge in [-0.15, -0.1) is 0 Å². The molecule has 1 heterocycles. The molecule has 0 N–H and O–H groups in total. The highest BCUT2D eigenvalue weighted by atomic mass is 35.5. The van der Waals surface area contributed by atoms with Crippen LogP contribution >= 0.6 is 34.8 Å². The van der Waals surface area contributed by atoms with E-state index in [1.54, 1.807) is 36.4 Å². The highest BCUT2D eigenvalue weighted by Crippen LogP contribution is 2.26. The van der Waals surface area contributed by atoms with Gasteiger partial charge < -0.3 is 9.64 Å². The van der Waals surface area contributed by atoms with Crippen molar-refractivity contribution in [1.82, 2.24) is 4.90 Å². The summed E-state index contributed by atoms with van der Waals surface area (Å²) in [5.41, 5.74) is 1.50. The van der Waals surface area contributed by atoms with Crippen molar-refractivity contribution in [3.8, 4) is 5.75 Å². The molecule has 0 radical (unpaired) electrons. The van der Waals surface area contributed by atoms with Gasteiger partial charge in [0.15, 0.2) is 16.4 Å². The molecule has 1 saturated heterocycles. The minimum Gasteiger partial charge on any atom is -0.483 e. The van der Waals surface area contributed by atoms with Crippen LogP contribution in [0.4, 0.5) is 0 Å². The molecule has 1 aliphatic rings. The van der Waals surface area contributed by atoms with Gasteiger partial charge in [0.25, 0.3) is 5.91 Å². The van der Waals surface area contributed by atoms with Crippen LogP contribution in [0.15, 0.2) is 36.4 Å². The van der Waals surface area contributed by atoms with Gasteiger partial charge in [0.2, 0.25) is 0 Å². The van der Waals surface area contributed by atoms with Gasteiger partial charge in [-0.2, -0.15) is 0 Å². The van der Waals surface area contributed by atoms with Crippen molar-refractivity contribution in [2.75, 3.05) is 18.1 Å². The third-order valence-electron chi connectivity index (χ3n) is 4.81. The molecule has 0 spiro atoms. The fourth-order valence-electron chi connectivity index (χ4n) is 3.27. The summed E-state index contributed by atoms with van der Waals surface area (Å²) in [6.45, 7) is 1.79. The van der Waals surface area contributed by atoms with E-state index in [4.69, 9.17) is 39.5 Å². The largest absolute Gasteiger partial charge is 0.483 e. The number of rotatable bonds is 6. The Labute approximate surface area is 185 Å². The molecule has 1 amide bonds. The van der Waals surface area contributed by atoms with Gasteiger partial charge in [0.1, 0.15) is 5.75 Å². The highest BCUT2D eigenvalue weighted by Gasteiger charge is 2.35. The molecule has 1 aliphatic heterocycles. The number of carbonyl (C=O) groups excluding carboxylic acids is 1. The van der Waals surface area contributed by atoms with E-state index in [1.165, 1.54) is 4.90 Å². The van der Waals surface area contributed by atoms with E-state index in [2.05, 4.69) is 0 Å². The molecule has 2 aromatic rings. The molecule has 29 heavy (non-hydrogen) atoms. The quantitative estimate of drug-likeness (QED) is 0.613. The maximum absolute atomic E-state index is 13.0. The SMILES string of the molecule is Cc1cc(Cl)ccc1OCC(=O)N(Cc1ccc(Cl)cc1Cl)C1CCS(=O)(=O)C1. The fraction of sp³-hybridized carbons (Fsp3) is 0.350. The zero-order valence-electron chi connectivity index (χ0n) is 15.7. The van der Waals surface area contributed by atoms with E-state index in [-0.39, 0.29) is 30.6 Å². The maximum atomic E-state index is 13.0. The van der Waals surface area contributed by atoms with E-state index >= 15 is 0 Å². The highest BCUT2D eigenvalue weighted by molar-refractivity contribution is 7.91. The molecular weight excluding hydrogens is 457 g/mol. The molecule has 9 heteroatoms. The summed E-state index contributed by atoms with van der Waals surface area (Å²) in [5, 5.41) is 1.49. The first-order valence-electron chi connectivity index (χ1n) is 8.97. The van der Waals surface area contributed by atoms with E-state index < -0.39 is 15.9 Å². The molecule has 0 bridgehead atoms. The Balaban J connectivity index is 1.79. The van der Waals surface area contributed by atoms with Gasteiger partial charge >= 0.3 is 0 Å². The first-order chi connectivity index (χ1) is 13.6. The Morgan fingerprint density at radius 1 is 1.14 bits per heavy atom. The van der Waals surface area contributed by atoms with Gasteiger partial charge in [-0.1, -0.05) is 40.9 Å². The number of carbonyl (C=O) groups is 1. The van der Waals surface area contributed by atoms with Gasteiger partial charge in [-0.25, -0.2) is 8.42 Å². The number of aryl methyl sites for hydroxylation is 1. The lowest BCUT2D eigenvalue weighted by Gasteiger charge is -2.29. The topological polar surface area (TPSA) is 63.7 Å². The zero-order chi connectivity index (χ0) is 21.2. The van der Waals surface area contributed by atoms with Crippen LogP contribution in [0.1, 0.15) is 17.5 Å². The summed E-state index contributed by atoms with van der Waals surface area (Å²) >= 11 is 18.2. The molecule has 5 nitrogen and oxygen atoms in total. The fourth-order valence-corrected chi connectivity index (χ4v) is 5.70. The van der Waals surface area contributed by atoms with Gasteiger partial charge in [-0.3, -0.25) is 4.79 Å². The third-order valence-corrected chi connectivity index (χ3v) is 7.39. The Morgan fingerprint density at radius 3 is 2.45 bits per heavy atom. The van der Waals surface area contributed by atoms with Crippen molar-refractivity contribution in [3.63, 3.8) is 0 Å². The summed E-state index contributed by atoms with van der Waals surface area (Å²) in [7, 11) is -3.17. The van der Waals surface area contributed by atoms with E-state index in [0.29, 0.717) is 32.8 Å². The first kappa shape index (κ1) is 22.2. The predicted molar refractivity (Wildman–Crippen MR) is 116 cm³/mol. The molecule has 3 rings (SSSR count). The van der Waals surface area contributed by atoms with Crippen molar-refractivity contribution in [2.24, 2.45) is 0 Å². The Bertz CT molecular complexity index is 1030. The Hall–Kier alpha value is -1.47. The summed E-state index contributed by atoms with van der Waals surface area (Å²) in [6, 6.07) is 9.72.